The third kappa shape index (κ3) is 3.89. The Morgan fingerprint density at radius 2 is 1.88 bits per heavy atom. The fourth-order valence-corrected chi connectivity index (χ4v) is 2.46. The number of alkyl halides is 3. The minimum atomic E-state index is -4.66. The van der Waals surface area contributed by atoms with Gasteiger partial charge in [0, 0.05) is 11.8 Å². The van der Waals surface area contributed by atoms with Gasteiger partial charge in [-0.15, -0.1) is 0 Å². The maximum absolute atomic E-state index is 13.3. The van der Waals surface area contributed by atoms with Crippen LogP contribution in [0.15, 0.2) is 21.3 Å². The van der Waals surface area contributed by atoms with E-state index in [1.807, 2.05) is 0 Å². The first-order valence-corrected chi connectivity index (χ1v) is 8.08. The molecule has 130 valence electrons. The lowest BCUT2D eigenvalue weighted by molar-refractivity contribution is -0.137. The van der Waals surface area contributed by atoms with E-state index in [1.54, 1.807) is 20.8 Å². The van der Waals surface area contributed by atoms with Crippen LogP contribution in [0, 0.1) is 6.92 Å². The van der Waals surface area contributed by atoms with Crippen molar-refractivity contribution in [3.63, 3.8) is 0 Å². The van der Waals surface area contributed by atoms with Gasteiger partial charge >= 0.3 is 6.18 Å². The second-order valence-corrected chi connectivity index (χ2v) is 8.14. The van der Waals surface area contributed by atoms with Gasteiger partial charge in [-0.3, -0.25) is 4.79 Å². The van der Waals surface area contributed by atoms with Gasteiger partial charge < -0.3 is 4.98 Å². The maximum atomic E-state index is 13.3. The molecule has 5 nitrogen and oxygen atoms in total. The number of aryl methyl sites for hydroxylation is 1. The Kier molecular flexibility index (Phi) is 4.67. The number of halogens is 3. The van der Waals surface area contributed by atoms with Gasteiger partial charge in [0.15, 0.2) is 0 Å². The zero-order chi connectivity index (χ0) is 18.3. The van der Waals surface area contributed by atoms with Crippen molar-refractivity contribution in [1.29, 1.82) is 0 Å². The number of aromatic nitrogens is 2. The zero-order valence-corrected chi connectivity index (χ0v) is 14.3. The molecule has 0 saturated heterocycles. The standard InChI is InChI=1S/C15H16F3N3O2S/c1-8-20-12-6-11(15(16,17)18)9(5-10(12)13(22)21-8)7-19-24(23)14(2,3)4/h5-7H,1-4H3,(H,20,21,22)/b19-7+/t24-/m1/s1. The molecular weight excluding hydrogens is 343 g/mol. The minimum Gasteiger partial charge on any atom is -0.310 e. The van der Waals surface area contributed by atoms with Crippen LogP contribution >= 0.6 is 0 Å². The van der Waals surface area contributed by atoms with Crippen LogP contribution in [-0.2, 0) is 17.2 Å². The van der Waals surface area contributed by atoms with E-state index in [0.717, 1.165) is 18.3 Å². The summed E-state index contributed by atoms with van der Waals surface area (Å²) in [5, 5.41) is 0.0107. The molecule has 0 amide bonds. The average molecular weight is 359 g/mol. The van der Waals surface area contributed by atoms with Crippen LogP contribution < -0.4 is 5.56 Å². The Labute approximate surface area is 138 Å². The second-order valence-electron chi connectivity index (χ2n) is 6.20. The van der Waals surface area contributed by atoms with Gasteiger partial charge in [-0.2, -0.15) is 17.6 Å². The van der Waals surface area contributed by atoms with Crippen LogP contribution in [0.4, 0.5) is 13.2 Å². The van der Waals surface area contributed by atoms with Crippen molar-refractivity contribution in [3.8, 4) is 0 Å². The van der Waals surface area contributed by atoms with Crippen LogP contribution in [0.1, 0.15) is 37.7 Å². The van der Waals surface area contributed by atoms with Gasteiger partial charge in [0.05, 0.1) is 21.2 Å². The van der Waals surface area contributed by atoms with E-state index >= 15 is 0 Å². The Hall–Kier alpha value is -2.03. The molecule has 9 heteroatoms. The number of rotatable bonds is 2. The monoisotopic (exact) mass is 359 g/mol. The summed E-state index contributed by atoms with van der Waals surface area (Å²) >= 11 is 0. The lowest BCUT2D eigenvalue weighted by Crippen LogP contribution is -2.20. The van der Waals surface area contributed by atoms with E-state index in [1.165, 1.54) is 6.92 Å². The summed E-state index contributed by atoms with van der Waals surface area (Å²) in [4.78, 5) is 18.3. The highest BCUT2D eigenvalue weighted by atomic mass is 32.2. The molecule has 1 N–H and O–H groups in total. The Morgan fingerprint density at radius 1 is 1.25 bits per heavy atom. The van der Waals surface area contributed by atoms with Crippen molar-refractivity contribution < 1.29 is 17.4 Å². The third-order valence-corrected chi connectivity index (χ3v) is 4.46. The number of aromatic amines is 1. The SMILES string of the molecule is Cc1nc2cc(C(F)(F)F)c(/C=N/[S@](=O)C(C)(C)C)cc2c(=O)[nH]1. The number of hydrogen-bond acceptors (Lipinski definition) is 3. The van der Waals surface area contributed by atoms with Crippen LogP contribution in [0.25, 0.3) is 10.9 Å². The first-order chi connectivity index (χ1) is 10.9. The quantitative estimate of drug-likeness (QED) is 0.837. The summed E-state index contributed by atoms with van der Waals surface area (Å²) in [6.45, 7) is 6.45. The molecule has 0 fully saturated rings. The highest BCUT2D eigenvalue weighted by Gasteiger charge is 2.34. The Balaban J connectivity index is 2.69. The van der Waals surface area contributed by atoms with Crippen LogP contribution in [-0.4, -0.2) is 25.1 Å². The minimum absolute atomic E-state index is 0.0107. The molecule has 1 atom stereocenters. The van der Waals surface area contributed by atoms with Crippen molar-refractivity contribution in [3.05, 3.63) is 39.4 Å². The van der Waals surface area contributed by atoms with Gasteiger partial charge in [0.1, 0.15) is 16.8 Å². The molecule has 2 rings (SSSR count). The maximum Gasteiger partial charge on any atom is 0.417 e. The number of H-pyrrole nitrogens is 1. The summed E-state index contributed by atoms with van der Waals surface area (Å²) in [5.74, 6) is 0.218. The van der Waals surface area contributed by atoms with Gasteiger partial charge in [-0.25, -0.2) is 9.19 Å². The summed E-state index contributed by atoms with van der Waals surface area (Å²) in [6.07, 6.45) is -3.76. The second kappa shape index (κ2) is 6.12. The summed E-state index contributed by atoms with van der Waals surface area (Å²) in [5.41, 5.74) is -1.92. The normalized spacial score (nSPS) is 14.5. The van der Waals surface area contributed by atoms with Crippen LogP contribution in [0.3, 0.4) is 0 Å². The van der Waals surface area contributed by atoms with Gasteiger partial charge in [-0.1, -0.05) is 0 Å². The predicted molar refractivity (Wildman–Crippen MR) is 87.6 cm³/mol. The smallest absolute Gasteiger partial charge is 0.310 e. The zero-order valence-electron chi connectivity index (χ0n) is 13.5. The van der Waals surface area contributed by atoms with E-state index in [9.17, 15) is 22.2 Å². The van der Waals surface area contributed by atoms with E-state index in [-0.39, 0.29) is 22.3 Å². The molecule has 0 aliphatic heterocycles. The van der Waals surface area contributed by atoms with E-state index in [0.29, 0.717) is 0 Å². The van der Waals surface area contributed by atoms with Gasteiger partial charge in [0.2, 0.25) is 0 Å². The summed E-state index contributed by atoms with van der Waals surface area (Å²) in [6, 6.07) is 1.87. The highest BCUT2D eigenvalue weighted by Crippen LogP contribution is 2.33. The van der Waals surface area contributed by atoms with E-state index in [4.69, 9.17) is 0 Å². The molecule has 0 aliphatic rings. The molecule has 0 radical (unpaired) electrons. The predicted octanol–water partition coefficient (Wildman–Crippen LogP) is 3.13. The number of nitrogens with zero attached hydrogens (tertiary/aromatic N) is 2. The van der Waals surface area contributed by atoms with E-state index in [2.05, 4.69) is 14.4 Å². The first-order valence-electron chi connectivity index (χ1n) is 6.97. The molecule has 0 spiro atoms. The number of fused-ring (bicyclic) bond motifs is 1. The molecule has 0 saturated carbocycles. The largest absolute Gasteiger partial charge is 0.417 e. The van der Waals surface area contributed by atoms with Crippen molar-refractivity contribution in [2.24, 2.45) is 4.40 Å². The Morgan fingerprint density at radius 3 is 2.42 bits per heavy atom. The average Bonchev–Trinajstić information content (AvgIpc) is 2.41. The summed E-state index contributed by atoms with van der Waals surface area (Å²) in [7, 11) is -1.72. The molecule has 0 aliphatic carbocycles. The number of nitrogens with one attached hydrogen (secondary N) is 1. The van der Waals surface area contributed by atoms with Gasteiger partial charge in [0.25, 0.3) is 5.56 Å². The lowest BCUT2D eigenvalue weighted by Gasteiger charge is -2.14. The molecule has 1 aromatic heterocycles. The number of hydrogen-bond donors (Lipinski definition) is 1. The highest BCUT2D eigenvalue weighted by molar-refractivity contribution is 7.85. The lowest BCUT2D eigenvalue weighted by atomic mass is 10.0. The third-order valence-electron chi connectivity index (χ3n) is 3.11. The molecule has 1 aromatic carbocycles. The van der Waals surface area contributed by atoms with Crippen molar-refractivity contribution in [2.75, 3.05) is 0 Å². The Bertz CT molecular complexity index is 896. The first kappa shape index (κ1) is 18.3. The van der Waals surface area contributed by atoms with Gasteiger partial charge in [-0.05, 0) is 39.8 Å². The van der Waals surface area contributed by atoms with Crippen molar-refractivity contribution >= 4 is 28.1 Å². The fourth-order valence-electron chi connectivity index (χ4n) is 1.93. The molecule has 0 unspecified atom stereocenters. The molecule has 0 bridgehead atoms. The van der Waals surface area contributed by atoms with E-state index < -0.39 is 33.0 Å². The number of benzene rings is 1. The van der Waals surface area contributed by atoms with Crippen LogP contribution in [0.5, 0.6) is 0 Å². The molecule has 2 aromatic rings. The fraction of sp³-hybridized carbons (Fsp3) is 0.400. The summed E-state index contributed by atoms with van der Waals surface area (Å²) < 4.78 is 54.8. The molecule has 24 heavy (non-hydrogen) atoms. The van der Waals surface area contributed by atoms with Crippen LogP contribution in [0.2, 0.25) is 0 Å². The van der Waals surface area contributed by atoms with Crippen molar-refractivity contribution in [1.82, 2.24) is 9.97 Å². The van der Waals surface area contributed by atoms with Crippen molar-refractivity contribution in [2.45, 2.75) is 38.6 Å². The topological polar surface area (TPSA) is 75.2 Å². The molecular formula is C15H16F3N3O2S. The molecule has 1 heterocycles.